The lowest BCUT2D eigenvalue weighted by Crippen LogP contribution is -2.38. The van der Waals surface area contributed by atoms with Crippen molar-refractivity contribution in [2.24, 2.45) is 5.10 Å². The summed E-state index contributed by atoms with van der Waals surface area (Å²) in [5.41, 5.74) is 4.55. The van der Waals surface area contributed by atoms with E-state index in [2.05, 4.69) is 15.8 Å². The van der Waals surface area contributed by atoms with Crippen molar-refractivity contribution < 1.29 is 14.3 Å². The number of nitrogens with zero attached hydrogens (tertiary/aromatic N) is 1. The molecule has 2 N–H and O–H groups in total. The van der Waals surface area contributed by atoms with E-state index < -0.39 is 0 Å². The lowest BCUT2D eigenvalue weighted by molar-refractivity contribution is -0.124. The number of hydrogen-bond acceptors (Lipinski definition) is 5. The molecule has 164 valence electrons. The van der Waals surface area contributed by atoms with E-state index in [1.165, 1.54) is 36.6 Å². The number of benzene rings is 2. The van der Waals surface area contributed by atoms with Crippen LogP contribution < -0.4 is 15.5 Å². The van der Waals surface area contributed by atoms with Crippen LogP contribution in [0.2, 0.25) is 0 Å². The highest BCUT2D eigenvalue weighted by Crippen LogP contribution is 2.18. The fourth-order valence-corrected chi connectivity index (χ4v) is 4.00. The van der Waals surface area contributed by atoms with E-state index in [1.807, 2.05) is 43.3 Å². The number of carbonyl (C=O) groups is 2. The lowest BCUT2D eigenvalue weighted by atomic mass is 9.95. The van der Waals surface area contributed by atoms with Crippen LogP contribution in [0.15, 0.2) is 58.5 Å². The first-order chi connectivity index (χ1) is 15.1. The molecular weight excluding hydrogens is 410 g/mol. The second kappa shape index (κ2) is 12.2. The van der Waals surface area contributed by atoms with Gasteiger partial charge in [-0.3, -0.25) is 9.59 Å². The van der Waals surface area contributed by atoms with Gasteiger partial charge in [-0.05, 0) is 61.7 Å². The van der Waals surface area contributed by atoms with Crippen LogP contribution in [0, 0.1) is 6.92 Å². The lowest BCUT2D eigenvalue weighted by Gasteiger charge is -2.22. The maximum Gasteiger partial charge on any atom is 0.258 e. The third-order valence-corrected chi connectivity index (χ3v) is 6.03. The zero-order valence-electron chi connectivity index (χ0n) is 17.8. The molecule has 0 saturated heterocycles. The number of amides is 2. The molecule has 0 aliphatic heterocycles. The number of ether oxygens (including phenoxy) is 1. The average molecular weight is 440 g/mol. The van der Waals surface area contributed by atoms with Crippen LogP contribution in [0.4, 0.5) is 0 Å². The number of nitrogens with one attached hydrogen (secondary N) is 2. The molecule has 0 radical (unpaired) electrons. The second-order valence-corrected chi connectivity index (χ2v) is 8.70. The molecule has 1 fully saturated rings. The van der Waals surface area contributed by atoms with E-state index in [9.17, 15) is 9.59 Å². The Morgan fingerprint density at radius 3 is 2.45 bits per heavy atom. The van der Waals surface area contributed by atoms with Gasteiger partial charge < -0.3 is 10.1 Å². The Morgan fingerprint density at radius 1 is 1.03 bits per heavy atom. The van der Waals surface area contributed by atoms with Gasteiger partial charge in [0.05, 0.1) is 12.0 Å². The van der Waals surface area contributed by atoms with Crippen molar-refractivity contribution in [2.45, 2.75) is 50.0 Å². The molecule has 3 rings (SSSR count). The highest BCUT2D eigenvalue weighted by molar-refractivity contribution is 8.00. The number of thioether (sulfide) groups is 1. The first kappa shape index (κ1) is 22.9. The standard InChI is InChI=1S/C24H29N3O3S/c1-18-7-13-22(14-8-18)31-17-24(29)27-25-15-19-9-11-21(12-10-19)30-16-23(28)26-20-5-3-2-4-6-20/h7-15,20H,2-6,16-17H2,1H3,(H,26,28)(H,27,29)/b25-15-. The Balaban J connectivity index is 1.35. The van der Waals surface area contributed by atoms with Crippen LogP contribution in [-0.4, -0.2) is 36.4 Å². The summed E-state index contributed by atoms with van der Waals surface area (Å²) in [6.07, 6.45) is 7.31. The minimum Gasteiger partial charge on any atom is -0.484 e. The van der Waals surface area contributed by atoms with Crippen LogP contribution in [0.25, 0.3) is 0 Å². The zero-order valence-corrected chi connectivity index (χ0v) is 18.6. The summed E-state index contributed by atoms with van der Waals surface area (Å²) in [6.45, 7) is 2.04. The predicted molar refractivity (Wildman–Crippen MR) is 125 cm³/mol. The number of hydrazone groups is 1. The molecule has 0 bridgehead atoms. The molecule has 7 heteroatoms. The summed E-state index contributed by atoms with van der Waals surface area (Å²) in [4.78, 5) is 25.0. The molecule has 31 heavy (non-hydrogen) atoms. The molecule has 0 heterocycles. The first-order valence-corrected chi connectivity index (χ1v) is 11.6. The number of carbonyl (C=O) groups excluding carboxylic acids is 2. The smallest absolute Gasteiger partial charge is 0.258 e. The van der Waals surface area contributed by atoms with Gasteiger partial charge in [-0.15, -0.1) is 11.8 Å². The monoisotopic (exact) mass is 439 g/mol. The van der Waals surface area contributed by atoms with Gasteiger partial charge in [0.2, 0.25) is 5.91 Å². The molecule has 0 unspecified atom stereocenters. The largest absolute Gasteiger partial charge is 0.484 e. The Morgan fingerprint density at radius 2 is 1.74 bits per heavy atom. The molecule has 0 aromatic heterocycles. The summed E-state index contributed by atoms with van der Waals surface area (Å²) in [6, 6.07) is 15.5. The summed E-state index contributed by atoms with van der Waals surface area (Å²) in [7, 11) is 0. The molecule has 2 amide bonds. The Bertz CT molecular complexity index is 876. The summed E-state index contributed by atoms with van der Waals surface area (Å²) < 4.78 is 5.56. The van der Waals surface area contributed by atoms with Crippen LogP contribution in [0.3, 0.4) is 0 Å². The van der Waals surface area contributed by atoms with E-state index in [0.717, 1.165) is 23.3 Å². The maximum atomic E-state index is 12.0. The highest BCUT2D eigenvalue weighted by Gasteiger charge is 2.15. The third kappa shape index (κ3) is 8.45. The van der Waals surface area contributed by atoms with Crippen molar-refractivity contribution in [3.05, 3.63) is 59.7 Å². The van der Waals surface area contributed by atoms with E-state index in [1.54, 1.807) is 18.3 Å². The molecular formula is C24H29N3O3S. The van der Waals surface area contributed by atoms with Crippen LogP contribution >= 0.6 is 11.8 Å². The van der Waals surface area contributed by atoms with Crippen molar-refractivity contribution in [2.75, 3.05) is 12.4 Å². The fourth-order valence-electron chi connectivity index (χ4n) is 3.31. The maximum absolute atomic E-state index is 12.0. The van der Waals surface area contributed by atoms with E-state index in [4.69, 9.17) is 4.74 Å². The molecule has 1 aliphatic carbocycles. The normalized spacial score (nSPS) is 14.4. The van der Waals surface area contributed by atoms with E-state index >= 15 is 0 Å². The van der Waals surface area contributed by atoms with Crippen molar-refractivity contribution in [1.82, 2.24) is 10.7 Å². The van der Waals surface area contributed by atoms with Gasteiger partial charge in [-0.25, -0.2) is 5.43 Å². The fraction of sp³-hybridized carbons (Fsp3) is 0.375. The zero-order chi connectivity index (χ0) is 21.9. The van der Waals surface area contributed by atoms with Gasteiger partial charge >= 0.3 is 0 Å². The number of hydrogen-bond donors (Lipinski definition) is 2. The van der Waals surface area contributed by atoms with E-state index in [0.29, 0.717) is 11.5 Å². The molecule has 2 aromatic rings. The highest BCUT2D eigenvalue weighted by atomic mass is 32.2. The van der Waals surface area contributed by atoms with Gasteiger partial charge in [0.15, 0.2) is 6.61 Å². The Kier molecular flexibility index (Phi) is 8.97. The Hall–Kier alpha value is -2.80. The molecule has 0 spiro atoms. The average Bonchev–Trinajstić information content (AvgIpc) is 2.79. The van der Waals surface area contributed by atoms with E-state index in [-0.39, 0.29) is 24.5 Å². The number of aryl methyl sites for hydroxylation is 1. The molecule has 2 aromatic carbocycles. The van der Waals surface area contributed by atoms with Gasteiger partial charge in [0.1, 0.15) is 5.75 Å². The van der Waals surface area contributed by atoms with Crippen LogP contribution in [0.5, 0.6) is 5.75 Å². The number of rotatable bonds is 9. The topological polar surface area (TPSA) is 79.8 Å². The molecule has 1 aliphatic rings. The molecule has 0 atom stereocenters. The summed E-state index contributed by atoms with van der Waals surface area (Å²) in [5.74, 6) is 0.680. The molecule has 6 nitrogen and oxygen atoms in total. The van der Waals surface area contributed by atoms with Gasteiger partial charge in [0, 0.05) is 10.9 Å². The van der Waals surface area contributed by atoms with Crippen molar-refractivity contribution in [3.8, 4) is 5.75 Å². The quantitative estimate of drug-likeness (QED) is 0.351. The van der Waals surface area contributed by atoms with Gasteiger partial charge in [0.25, 0.3) is 5.91 Å². The minimum atomic E-state index is -0.161. The minimum absolute atomic E-state index is 0.0125. The van der Waals surface area contributed by atoms with Crippen molar-refractivity contribution in [1.29, 1.82) is 0 Å². The van der Waals surface area contributed by atoms with Crippen LogP contribution in [0.1, 0.15) is 43.2 Å². The van der Waals surface area contributed by atoms with Crippen LogP contribution in [-0.2, 0) is 9.59 Å². The summed E-state index contributed by atoms with van der Waals surface area (Å²) in [5, 5.41) is 7.03. The molecule has 1 saturated carbocycles. The predicted octanol–water partition coefficient (Wildman–Crippen LogP) is 4.07. The Labute approximate surface area is 187 Å². The first-order valence-electron chi connectivity index (χ1n) is 10.6. The SMILES string of the molecule is Cc1ccc(SCC(=O)N/N=C\c2ccc(OCC(=O)NC3CCCCC3)cc2)cc1. The third-order valence-electron chi connectivity index (χ3n) is 5.01. The second-order valence-electron chi connectivity index (χ2n) is 7.66. The summed E-state index contributed by atoms with van der Waals surface area (Å²) >= 11 is 1.47. The van der Waals surface area contributed by atoms with Crippen molar-refractivity contribution in [3.63, 3.8) is 0 Å². The van der Waals surface area contributed by atoms with Gasteiger partial charge in [-0.1, -0.05) is 37.0 Å². The van der Waals surface area contributed by atoms with Gasteiger partial charge in [-0.2, -0.15) is 5.10 Å². The van der Waals surface area contributed by atoms with Crippen molar-refractivity contribution >= 4 is 29.8 Å².